The number of rotatable bonds is 4. The molecule has 1 aromatic rings. The molecule has 0 spiro atoms. The highest BCUT2D eigenvalue weighted by Gasteiger charge is 2.36. The van der Waals surface area contributed by atoms with Crippen molar-refractivity contribution in [2.24, 2.45) is 5.73 Å². The second-order valence-corrected chi connectivity index (χ2v) is 5.11. The molecule has 1 aliphatic rings. The molecule has 0 aromatic heterocycles. The Kier molecular flexibility index (Phi) is 4.20. The summed E-state index contributed by atoms with van der Waals surface area (Å²) in [6.45, 7) is 0. The molecule has 0 atom stereocenters. The summed E-state index contributed by atoms with van der Waals surface area (Å²) in [7, 11) is 0. The summed E-state index contributed by atoms with van der Waals surface area (Å²) in [6, 6.07) is 6.95. The van der Waals surface area contributed by atoms with Crippen LogP contribution in [0.5, 0.6) is 0 Å². The first kappa shape index (κ1) is 14.3. The van der Waals surface area contributed by atoms with Crippen LogP contribution < -0.4 is 11.1 Å². The Labute approximate surface area is 117 Å². The van der Waals surface area contributed by atoms with Gasteiger partial charge in [0.15, 0.2) is 0 Å². The first-order chi connectivity index (χ1) is 9.49. The maximum Gasteiger partial charge on any atom is 0.328 e. The van der Waals surface area contributed by atoms with Crippen LogP contribution in [0.1, 0.15) is 31.2 Å². The van der Waals surface area contributed by atoms with Crippen LogP contribution in [0.4, 0.5) is 5.69 Å². The quantitative estimate of drug-likeness (QED) is 0.732. The number of nitrogens with two attached hydrogens (primary N) is 1. The number of carbonyl (C=O) groups is 2. The third-order valence-corrected chi connectivity index (χ3v) is 3.53. The molecule has 1 saturated carbocycles. The van der Waals surface area contributed by atoms with Crippen LogP contribution in [0.2, 0.25) is 0 Å². The standard InChI is InChI=1S/C15H18N2O3/c16-15(9-1-2-10-15)14(20)17-12-6-3-11(4-7-12)5-8-13(18)19/h3-8H,1-2,9-10,16H2,(H,17,20)(H,18,19)/b8-5+. The van der Waals surface area contributed by atoms with E-state index in [4.69, 9.17) is 10.8 Å². The van der Waals surface area contributed by atoms with Gasteiger partial charge in [-0.1, -0.05) is 25.0 Å². The van der Waals surface area contributed by atoms with E-state index in [9.17, 15) is 9.59 Å². The molecule has 2 rings (SSSR count). The number of nitrogens with one attached hydrogen (secondary N) is 1. The maximum absolute atomic E-state index is 12.1. The molecule has 0 aliphatic heterocycles. The molecular formula is C15H18N2O3. The van der Waals surface area contributed by atoms with Crippen LogP contribution in [0, 0.1) is 0 Å². The van der Waals surface area contributed by atoms with Crippen molar-refractivity contribution in [3.8, 4) is 0 Å². The second-order valence-electron chi connectivity index (χ2n) is 5.11. The summed E-state index contributed by atoms with van der Waals surface area (Å²) < 4.78 is 0. The van der Waals surface area contributed by atoms with Gasteiger partial charge >= 0.3 is 5.97 Å². The molecule has 5 heteroatoms. The summed E-state index contributed by atoms with van der Waals surface area (Å²) in [5, 5.41) is 11.4. The second kappa shape index (κ2) is 5.88. The van der Waals surface area contributed by atoms with Gasteiger partial charge in [-0.25, -0.2) is 4.79 Å². The Hall–Kier alpha value is -2.14. The van der Waals surface area contributed by atoms with Gasteiger partial charge in [-0.3, -0.25) is 4.79 Å². The van der Waals surface area contributed by atoms with E-state index >= 15 is 0 Å². The smallest absolute Gasteiger partial charge is 0.328 e. The molecule has 0 saturated heterocycles. The third-order valence-electron chi connectivity index (χ3n) is 3.53. The van der Waals surface area contributed by atoms with Crippen LogP contribution in [0.15, 0.2) is 30.3 Å². The van der Waals surface area contributed by atoms with E-state index in [1.54, 1.807) is 24.3 Å². The SMILES string of the molecule is NC1(C(=O)Nc2ccc(/C=C/C(=O)O)cc2)CCCC1. The van der Waals surface area contributed by atoms with Gasteiger partial charge in [0, 0.05) is 11.8 Å². The zero-order valence-corrected chi connectivity index (χ0v) is 11.1. The van der Waals surface area contributed by atoms with Crippen molar-refractivity contribution in [1.29, 1.82) is 0 Å². The van der Waals surface area contributed by atoms with Crippen LogP contribution in [0.3, 0.4) is 0 Å². The lowest BCUT2D eigenvalue weighted by Gasteiger charge is -2.22. The number of anilines is 1. The van der Waals surface area contributed by atoms with E-state index in [0.29, 0.717) is 5.69 Å². The van der Waals surface area contributed by atoms with E-state index in [1.807, 2.05) is 0 Å². The van der Waals surface area contributed by atoms with Crippen molar-refractivity contribution in [1.82, 2.24) is 0 Å². The molecule has 106 valence electrons. The van der Waals surface area contributed by atoms with Gasteiger partial charge in [0.2, 0.25) is 5.91 Å². The average molecular weight is 274 g/mol. The highest BCUT2D eigenvalue weighted by Crippen LogP contribution is 2.28. The van der Waals surface area contributed by atoms with Crippen LogP contribution in [0.25, 0.3) is 6.08 Å². The molecule has 4 N–H and O–H groups in total. The summed E-state index contributed by atoms with van der Waals surface area (Å²) in [5.74, 6) is -1.14. The Balaban J connectivity index is 2.00. The molecule has 20 heavy (non-hydrogen) atoms. The minimum atomic E-state index is -0.992. The number of carbonyl (C=O) groups excluding carboxylic acids is 1. The first-order valence-electron chi connectivity index (χ1n) is 6.61. The molecule has 1 fully saturated rings. The Bertz CT molecular complexity index is 529. The topological polar surface area (TPSA) is 92.4 Å². The van der Waals surface area contributed by atoms with E-state index in [0.717, 1.165) is 37.3 Å². The number of carboxylic acids is 1. The summed E-state index contributed by atoms with van der Waals surface area (Å²) in [5.41, 5.74) is 6.75. The first-order valence-corrected chi connectivity index (χ1v) is 6.61. The van der Waals surface area contributed by atoms with Crippen LogP contribution in [-0.4, -0.2) is 22.5 Å². The van der Waals surface area contributed by atoms with Gasteiger partial charge < -0.3 is 16.2 Å². The lowest BCUT2D eigenvalue weighted by Crippen LogP contribution is -2.48. The molecule has 0 bridgehead atoms. The Morgan fingerprint density at radius 3 is 2.35 bits per heavy atom. The molecule has 0 heterocycles. The fourth-order valence-corrected chi connectivity index (χ4v) is 2.33. The summed E-state index contributed by atoms with van der Waals surface area (Å²) in [6.07, 6.45) is 5.98. The molecule has 1 aromatic carbocycles. The molecule has 0 radical (unpaired) electrons. The zero-order valence-electron chi connectivity index (χ0n) is 11.1. The van der Waals surface area contributed by atoms with Crippen molar-refractivity contribution in [2.45, 2.75) is 31.2 Å². The Morgan fingerprint density at radius 2 is 1.80 bits per heavy atom. The van der Waals surface area contributed by atoms with Crippen molar-refractivity contribution < 1.29 is 14.7 Å². The van der Waals surface area contributed by atoms with Crippen LogP contribution in [-0.2, 0) is 9.59 Å². The predicted octanol–water partition coefficient (Wildman–Crippen LogP) is 1.99. The number of carboxylic acid groups (broad SMARTS) is 1. The van der Waals surface area contributed by atoms with E-state index in [-0.39, 0.29) is 5.91 Å². The number of aliphatic carboxylic acids is 1. The summed E-state index contributed by atoms with van der Waals surface area (Å²) in [4.78, 5) is 22.5. The van der Waals surface area contributed by atoms with E-state index in [2.05, 4.69) is 5.32 Å². The monoisotopic (exact) mass is 274 g/mol. The van der Waals surface area contributed by atoms with Crippen molar-refractivity contribution in [2.75, 3.05) is 5.32 Å². The van der Waals surface area contributed by atoms with Gasteiger partial charge in [-0.05, 0) is 36.6 Å². The molecule has 1 amide bonds. The number of benzene rings is 1. The maximum atomic E-state index is 12.1. The summed E-state index contributed by atoms with van der Waals surface area (Å²) >= 11 is 0. The van der Waals surface area contributed by atoms with Gasteiger partial charge in [-0.15, -0.1) is 0 Å². The zero-order chi connectivity index (χ0) is 14.6. The molecular weight excluding hydrogens is 256 g/mol. The van der Waals surface area contributed by atoms with Crippen molar-refractivity contribution >= 4 is 23.6 Å². The number of hydrogen-bond donors (Lipinski definition) is 3. The average Bonchev–Trinajstić information content (AvgIpc) is 2.86. The number of amides is 1. The minimum absolute atomic E-state index is 0.149. The highest BCUT2D eigenvalue weighted by atomic mass is 16.4. The fourth-order valence-electron chi connectivity index (χ4n) is 2.33. The van der Waals surface area contributed by atoms with E-state index < -0.39 is 11.5 Å². The minimum Gasteiger partial charge on any atom is -0.478 e. The van der Waals surface area contributed by atoms with Crippen molar-refractivity contribution in [3.63, 3.8) is 0 Å². The van der Waals surface area contributed by atoms with Gasteiger partial charge in [-0.2, -0.15) is 0 Å². The van der Waals surface area contributed by atoms with Gasteiger partial charge in [0.25, 0.3) is 0 Å². The predicted molar refractivity (Wildman–Crippen MR) is 77.1 cm³/mol. The lowest BCUT2D eigenvalue weighted by atomic mass is 9.98. The van der Waals surface area contributed by atoms with E-state index in [1.165, 1.54) is 6.08 Å². The molecule has 5 nitrogen and oxygen atoms in total. The Morgan fingerprint density at radius 1 is 1.20 bits per heavy atom. The van der Waals surface area contributed by atoms with Crippen molar-refractivity contribution in [3.05, 3.63) is 35.9 Å². The lowest BCUT2D eigenvalue weighted by molar-refractivity contribution is -0.131. The third kappa shape index (κ3) is 3.45. The van der Waals surface area contributed by atoms with Gasteiger partial charge in [0.1, 0.15) is 0 Å². The van der Waals surface area contributed by atoms with Gasteiger partial charge in [0.05, 0.1) is 5.54 Å². The highest BCUT2D eigenvalue weighted by molar-refractivity contribution is 5.98. The fraction of sp³-hybridized carbons (Fsp3) is 0.333. The number of hydrogen-bond acceptors (Lipinski definition) is 3. The van der Waals surface area contributed by atoms with Crippen LogP contribution >= 0.6 is 0 Å². The largest absolute Gasteiger partial charge is 0.478 e. The normalized spacial score (nSPS) is 17.2. The molecule has 0 unspecified atom stereocenters. The molecule has 1 aliphatic carbocycles.